The van der Waals surface area contributed by atoms with Crippen molar-refractivity contribution in [1.82, 2.24) is 25.3 Å². The number of rotatable bonds is 6. The summed E-state index contributed by atoms with van der Waals surface area (Å²) in [6.07, 6.45) is 4.93. The first-order valence-corrected chi connectivity index (χ1v) is 6.86. The van der Waals surface area contributed by atoms with E-state index < -0.39 is 0 Å². The van der Waals surface area contributed by atoms with E-state index in [0.717, 1.165) is 29.9 Å². The molecule has 6 heteroatoms. The van der Waals surface area contributed by atoms with Crippen molar-refractivity contribution in [2.45, 2.75) is 46.2 Å². The number of hydrogen-bond donors (Lipinski definition) is 2. The Morgan fingerprint density at radius 2 is 2.30 bits per heavy atom. The van der Waals surface area contributed by atoms with Gasteiger partial charge < -0.3 is 5.32 Å². The van der Waals surface area contributed by atoms with Gasteiger partial charge in [0.25, 0.3) is 0 Å². The smallest absolute Gasteiger partial charge is 0.220 e. The molecule has 0 bridgehead atoms. The second-order valence-electron chi connectivity index (χ2n) is 5.01. The Bertz CT molecular complexity index is 539. The molecule has 2 aromatic rings. The highest BCUT2D eigenvalue weighted by Gasteiger charge is 2.16. The second kappa shape index (κ2) is 6.36. The minimum Gasteiger partial charge on any atom is -0.349 e. The maximum atomic E-state index is 11.9. The Kier molecular flexibility index (Phi) is 4.55. The number of aromatic nitrogens is 4. The highest BCUT2D eigenvalue weighted by atomic mass is 16.1. The molecule has 0 aliphatic carbocycles. The summed E-state index contributed by atoms with van der Waals surface area (Å²) in [4.78, 5) is 11.9. The zero-order chi connectivity index (χ0) is 14.5. The number of aromatic amines is 1. The molecule has 0 aliphatic rings. The van der Waals surface area contributed by atoms with Crippen LogP contribution in [-0.2, 0) is 11.3 Å². The molecule has 2 N–H and O–H groups in total. The average Bonchev–Trinajstić information content (AvgIpc) is 2.99. The highest BCUT2D eigenvalue weighted by molar-refractivity contribution is 5.76. The van der Waals surface area contributed by atoms with E-state index in [-0.39, 0.29) is 11.9 Å². The molecule has 1 unspecified atom stereocenters. The van der Waals surface area contributed by atoms with Crippen LogP contribution in [0, 0.1) is 13.8 Å². The van der Waals surface area contributed by atoms with E-state index in [9.17, 15) is 4.79 Å². The minimum atomic E-state index is -0.0223. The maximum absolute atomic E-state index is 11.9. The molecule has 0 fully saturated rings. The summed E-state index contributed by atoms with van der Waals surface area (Å²) in [5.74, 6) is 0.0599. The van der Waals surface area contributed by atoms with Gasteiger partial charge in [-0.3, -0.25) is 14.6 Å². The van der Waals surface area contributed by atoms with Crippen LogP contribution in [0.2, 0.25) is 0 Å². The lowest BCUT2D eigenvalue weighted by molar-refractivity contribution is -0.121. The van der Waals surface area contributed by atoms with E-state index in [0.29, 0.717) is 6.42 Å². The highest BCUT2D eigenvalue weighted by Crippen LogP contribution is 2.18. The Morgan fingerprint density at radius 3 is 2.90 bits per heavy atom. The van der Waals surface area contributed by atoms with Gasteiger partial charge in [-0.15, -0.1) is 0 Å². The predicted octanol–water partition coefficient (Wildman–Crippen LogP) is 1.88. The Balaban J connectivity index is 1.79. The first-order valence-electron chi connectivity index (χ1n) is 6.86. The lowest BCUT2D eigenvalue weighted by Crippen LogP contribution is -2.27. The quantitative estimate of drug-likeness (QED) is 0.845. The zero-order valence-corrected chi connectivity index (χ0v) is 12.2. The van der Waals surface area contributed by atoms with Crippen molar-refractivity contribution >= 4 is 5.91 Å². The predicted molar refractivity (Wildman–Crippen MR) is 76.1 cm³/mol. The van der Waals surface area contributed by atoms with Crippen molar-refractivity contribution in [3.05, 3.63) is 35.4 Å². The third-order valence-corrected chi connectivity index (χ3v) is 3.35. The molecule has 108 valence electrons. The van der Waals surface area contributed by atoms with E-state index in [4.69, 9.17) is 0 Å². The summed E-state index contributed by atoms with van der Waals surface area (Å²) in [5, 5.41) is 14.2. The van der Waals surface area contributed by atoms with Gasteiger partial charge in [0.1, 0.15) is 0 Å². The lowest BCUT2D eigenvalue weighted by atomic mass is 10.1. The van der Waals surface area contributed by atoms with Crippen molar-refractivity contribution in [3.8, 4) is 0 Å². The summed E-state index contributed by atoms with van der Waals surface area (Å²) in [5.41, 5.74) is 3.02. The van der Waals surface area contributed by atoms with Crippen molar-refractivity contribution in [3.63, 3.8) is 0 Å². The van der Waals surface area contributed by atoms with Gasteiger partial charge in [0, 0.05) is 36.6 Å². The number of hydrogen-bond acceptors (Lipinski definition) is 3. The van der Waals surface area contributed by atoms with Crippen LogP contribution in [0.5, 0.6) is 0 Å². The van der Waals surface area contributed by atoms with Crippen LogP contribution in [0.4, 0.5) is 0 Å². The second-order valence-corrected chi connectivity index (χ2v) is 5.01. The molecule has 0 saturated carbocycles. The molecule has 2 aromatic heterocycles. The summed E-state index contributed by atoms with van der Waals surface area (Å²) in [6.45, 7) is 6.66. The molecule has 0 aromatic carbocycles. The summed E-state index contributed by atoms with van der Waals surface area (Å²) >= 11 is 0. The van der Waals surface area contributed by atoms with Gasteiger partial charge in [0.05, 0.1) is 11.7 Å². The molecule has 6 nitrogen and oxygen atoms in total. The van der Waals surface area contributed by atoms with Crippen LogP contribution < -0.4 is 5.32 Å². The number of H-pyrrole nitrogens is 1. The Hall–Kier alpha value is -2.11. The standard InChI is InChI=1S/C14H21N5O/c1-10(14-11(2)17-18-12(14)3)16-13(20)6-4-8-19-9-5-7-15-19/h5,7,9-10H,4,6,8H2,1-3H3,(H,16,20)(H,17,18). The monoisotopic (exact) mass is 275 g/mol. The van der Waals surface area contributed by atoms with E-state index in [1.54, 1.807) is 6.20 Å². The molecule has 0 radical (unpaired) electrons. The number of nitrogens with one attached hydrogen (secondary N) is 2. The number of amides is 1. The molecule has 1 amide bonds. The molecule has 1 atom stereocenters. The number of nitrogens with zero attached hydrogens (tertiary/aromatic N) is 3. The largest absolute Gasteiger partial charge is 0.349 e. The number of carbonyl (C=O) groups is 1. The molecule has 0 aliphatic heterocycles. The summed E-state index contributed by atoms with van der Waals surface area (Å²) < 4.78 is 1.83. The molecular weight excluding hydrogens is 254 g/mol. The van der Waals surface area contributed by atoms with Crippen molar-refractivity contribution in [2.75, 3.05) is 0 Å². The molecule has 0 spiro atoms. The van der Waals surface area contributed by atoms with E-state index in [1.807, 2.05) is 37.7 Å². The third-order valence-electron chi connectivity index (χ3n) is 3.35. The number of aryl methyl sites for hydroxylation is 3. The maximum Gasteiger partial charge on any atom is 0.220 e. The average molecular weight is 275 g/mol. The third kappa shape index (κ3) is 3.46. The van der Waals surface area contributed by atoms with Crippen LogP contribution in [0.25, 0.3) is 0 Å². The molecule has 20 heavy (non-hydrogen) atoms. The van der Waals surface area contributed by atoms with E-state index >= 15 is 0 Å². The number of carbonyl (C=O) groups excluding carboxylic acids is 1. The lowest BCUT2D eigenvalue weighted by Gasteiger charge is -2.14. The van der Waals surface area contributed by atoms with Crippen molar-refractivity contribution in [2.24, 2.45) is 0 Å². The van der Waals surface area contributed by atoms with E-state index in [1.165, 1.54) is 0 Å². The van der Waals surface area contributed by atoms with Gasteiger partial charge in [-0.05, 0) is 33.3 Å². The first kappa shape index (κ1) is 14.3. The van der Waals surface area contributed by atoms with Crippen LogP contribution >= 0.6 is 0 Å². The summed E-state index contributed by atoms with van der Waals surface area (Å²) in [6, 6.07) is 1.86. The van der Waals surface area contributed by atoms with Crippen LogP contribution in [0.3, 0.4) is 0 Å². The molecule has 0 saturated heterocycles. The molecule has 2 heterocycles. The fourth-order valence-corrected chi connectivity index (χ4v) is 2.42. The van der Waals surface area contributed by atoms with Crippen molar-refractivity contribution < 1.29 is 4.79 Å². The van der Waals surface area contributed by atoms with Gasteiger partial charge in [-0.1, -0.05) is 0 Å². The minimum absolute atomic E-state index is 0.0223. The fraction of sp³-hybridized carbons (Fsp3) is 0.500. The van der Waals surface area contributed by atoms with Crippen LogP contribution in [0.15, 0.2) is 18.5 Å². The Morgan fingerprint density at radius 1 is 1.50 bits per heavy atom. The Labute approximate surface area is 118 Å². The SMILES string of the molecule is Cc1n[nH]c(C)c1C(C)NC(=O)CCCn1cccn1. The van der Waals surface area contributed by atoms with E-state index in [2.05, 4.69) is 20.6 Å². The summed E-state index contributed by atoms with van der Waals surface area (Å²) in [7, 11) is 0. The fourth-order valence-electron chi connectivity index (χ4n) is 2.42. The van der Waals surface area contributed by atoms with Gasteiger partial charge >= 0.3 is 0 Å². The first-order chi connectivity index (χ1) is 9.58. The van der Waals surface area contributed by atoms with Gasteiger partial charge in [-0.25, -0.2) is 0 Å². The zero-order valence-electron chi connectivity index (χ0n) is 12.2. The van der Waals surface area contributed by atoms with Crippen LogP contribution in [0.1, 0.15) is 42.8 Å². The topological polar surface area (TPSA) is 75.6 Å². The molecular formula is C14H21N5O. The molecule has 2 rings (SSSR count). The van der Waals surface area contributed by atoms with Gasteiger partial charge in [0.2, 0.25) is 5.91 Å². The van der Waals surface area contributed by atoms with Gasteiger partial charge in [-0.2, -0.15) is 10.2 Å². The van der Waals surface area contributed by atoms with Crippen molar-refractivity contribution in [1.29, 1.82) is 0 Å². The normalized spacial score (nSPS) is 12.3. The van der Waals surface area contributed by atoms with Gasteiger partial charge in [0.15, 0.2) is 0 Å². The van der Waals surface area contributed by atoms with Crippen LogP contribution in [-0.4, -0.2) is 25.9 Å².